The Kier molecular flexibility index (Phi) is 4.71. The fraction of sp³-hybridized carbons (Fsp3) is 0.529. The van der Waals surface area contributed by atoms with Crippen molar-refractivity contribution < 1.29 is 9.59 Å². The molecule has 1 saturated heterocycles. The average molecular weight is 318 g/mol. The topological polar surface area (TPSA) is 49.4 Å². The number of amides is 3. The number of nitrogens with one attached hydrogen (secondary N) is 1. The third kappa shape index (κ3) is 3.14. The van der Waals surface area contributed by atoms with Gasteiger partial charge < -0.3 is 5.32 Å². The Balaban J connectivity index is 1.68. The summed E-state index contributed by atoms with van der Waals surface area (Å²) in [6, 6.07) is 9.81. The van der Waals surface area contributed by atoms with E-state index in [1.165, 1.54) is 23.1 Å². The fourth-order valence-electron chi connectivity index (χ4n) is 3.31. The van der Waals surface area contributed by atoms with Crippen molar-refractivity contribution in [1.82, 2.24) is 10.2 Å². The first-order valence-corrected chi connectivity index (χ1v) is 8.90. The van der Waals surface area contributed by atoms with Crippen LogP contribution >= 0.6 is 11.8 Å². The molecular formula is C17H22N2O2S. The Bertz CT molecular complexity index is 543. The van der Waals surface area contributed by atoms with Gasteiger partial charge >= 0.3 is 6.03 Å². The highest BCUT2D eigenvalue weighted by Gasteiger charge is 2.42. The molecule has 1 aliphatic carbocycles. The number of benzene rings is 1. The van der Waals surface area contributed by atoms with E-state index in [4.69, 9.17) is 0 Å². The lowest BCUT2D eigenvalue weighted by molar-refractivity contribution is 0.184. The predicted molar refractivity (Wildman–Crippen MR) is 88.9 cm³/mol. The number of hydrogen-bond donors (Lipinski definition) is 1. The molecule has 3 rings (SSSR count). The summed E-state index contributed by atoms with van der Waals surface area (Å²) < 4.78 is 0. The molecule has 1 heterocycles. The number of carbonyl (C=O) groups excluding carboxylic acids is 2. The maximum absolute atomic E-state index is 12.5. The highest BCUT2D eigenvalue weighted by Crippen LogP contribution is 2.43. The zero-order valence-corrected chi connectivity index (χ0v) is 13.6. The maximum atomic E-state index is 12.5. The SMILES string of the molecule is CC1C(c2ccccc2)SC(=O)N1C(=O)NC1CCCCC1. The molecule has 2 aliphatic rings. The second-order valence-electron chi connectivity index (χ2n) is 6.11. The molecule has 4 nitrogen and oxygen atoms in total. The Morgan fingerprint density at radius 3 is 2.55 bits per heavy atom. The number of thioether (sulfide) groups is 1. The van der Waals surface area contributed by atoms with Gasteiger partial charge in [0.2, 0.25) is 0 Å². The van der Waals surface area contributed by atoms with Gasteiger partial charge in [0.1, 0.15) is 0 Å². The number of carbonyl (C=O) groups is 2. The second kappa shape index (κ2) is 6.73. The van der Waals surface area contributed by atoms with E-state index < -0.39 is 0 Å². The minimum atomic E-state index is -0.227. The number of nitrogens with zero attached hydrogens (tertiary/aromatic N) is 1. The Morgan fingerprint density at radius 1 is 1.18 bits per heavy atom. The maximum Gasteiger partial charge on any atom is 0.325 e. The van der Waals surface area contributed by atoms with Crippen LogP contribution < -0.4 is 5.32 Å². The Hall–Kier alpha value is -1.49. The van der Waals surface area contributed by atoms with Crippen LogP contribution in [0.1, 0.15) is 49.8 Å². The third-order valence-electron chi connectivity index (χ3n) is 4.55. The van der Waals surface area contributed by atoms with Crippen molar-refractivity contribution >= 4 is 23.0 Å². The zero-order valence-electron chi connectivity index (χ0n) is 12.8. The summed E-state index contributed by atoms with van der Waals surface area (Å²) in [5.41, 5.74) is 1.10. The summed E-state index contributed by atoms with van der Waals surface area (Å²) >= 11 is 1.25. The molecule has 0 spiro atoms. The quantitative estimate of drug-likeness (QED) is 0.883. The molecule has 1 aliphatic heterocycles. The summed E-state index contributed by atoms with van der Waals surface area (Å²) in [4.78, 5) is 26.2. The molecule has 2 atom stereocenters. The molecule has 1 aromatic carbocycles. The molecule has 0 aromatic heterocycles. The number of imide groups is 1. The molecule has 22 heavy (non-hydrogen) atoms. The molecule has 3 amide bonds. The van der Waals surface area contributed by atoms with Crippen LogP contribution in [0, 0.1) is 0 Å². The van der Waals surface area contributed by atoms with Crippen LogP contribution in [0.2, 0.25) is 0 Å². The van der Waals surface area contributed by atoms with Crippen LogP contribution in [0.3, 0.4) is 0 Å². The van der Waals surface area contributed by atoms with Gasteiger partial charge in [-0.1, -0.05) is 61.4 Å². The van der Waals surface area contributed by atoms with Crippen molar-refractivity contribution in [3.8, 4) is 0 Å². The average Bonchev–Trinajstić information content (AvgIpc) is 2.84. The van der Waals surface area contributed by atoms with Crippen LogP contribution in [0.4, 0.5) is 9.59 Å². The van der Waals surface area contributed by atoms with E-state index in [9.17, 15) is 9.59 Å². The van der Waals surface area contributed by atoms with E-state index in [2.05, 4.69) is 5.32 Å². The lowest BCUT2D eigenvalue weighted by atomic mass is 9.96. The van der Waals surface area contributed by atoms with E-state index in [0.717, 1.165) is 31.2 Å². The zero-order chi connectivity index (χ0) is 15.5. The molecule has 1 saturated carbocycles. The second-order valence-corrected chi connectivity index (χ2v) is 7.20. The van der Waals surface area contributed by atoms with Crippen LogP contribution in [0.15, 0.2) is 30.3 Å². The smallest absolute Gasteiger partial charge is 0.325 e. The monoisotopic (exact) mass is 318 g/mol. The first kappa shape index (κ1) is 15.4. The van der Waals surface area contributed by atoms with Gasteiger partial charge in [-0.05, 0) is 25.3 Å². The minimum Gasteiger partial charge on any atom is -0.335 e. The van der Waals surface area contributed by atoms with Crippen molar-refractivity contribution in [2.24, 2.45) is 0 Å². The summed E-state index contributed by atoms with van der Waals surface area (Å²) in [6.45, 7) is 1.95. The van der Waals surface area contributed by atoms with Crippen LogP contribution in [-0.4, -0.2) is 28.3 Å². The largest absolute Gasteiger partial charge is 0.335 e. The first-order valence-electron chi connectivity index (χ1n) is 8.02. The Labute approximate surface area is 135 Å². The van der Waals surface area contributed by atoms with Gasteiger partial charge in [0.15, 0.2) is 0 Å². The summed E-state index contributed by atoms with van der Waals surface area (Å²) in [7, 11) is 0. The number of rotatable bonds is 2. The van der Waals surface area contributed by atoms with Crippen molar-refractivity contribution in [3.05, 3.63) is 35.9 Å². The molecule has 1 N–H and O–H groups in total. The normalized spacial score (nSPS) is 26.2. The van der Waals surface area contributed by atoms with Gasteiger partial charge in [-0.2, -0.15) is 0 Å². The molecule has 5 heteroatoms. The first-order chi connectivity index (χ1) is 10.7. The van der Waals surface area contributed by atoms with Crippen LogP contribution in [0.5, 0.6) is 0 Å². The molecule has 2 fully saturated rings. The molecule has 118 valence electrons. The standard InChI is InChI=1S/C17H22N2O2S/c1-12-15(13-8-4-2-5-9-13)22-17(21)19(12)16(20)18-14-10-6-3-7-11-14/h2,4-5,8-9,12,14-15H,3,6-7,10-11H2,1H3,(H,18,20). The van der Waals surface area contributed by atoms with E-state index >= 15 is 0 Å². The molecule has 2 unspecified atom stereocenters. The minimum absolute atomic E-state index is 0.0193. The predicted octanol–water partition coefficient (Wildman–Crippen LogP) is 4.33. The van der Waals surface area contributed by atoms with Gasteiger partial charge in [-0.3, -0.25) is 9.69 Å². The van der Waals surface area contributed by atoms with Gasteiger partial charge in [0.05, 0.1) is 11.3 Å². The Morgan fingerprint density at radius 2 is 1.86 bits per heavy atom. The van der Waals surface area contributed by atoms with Gasteiger partial charge in [-0.25, -0.2) is 4.79 Å². The lowest BCUT2D eigenvalue weighted by Gasteiger charge is -2.27. The van der Waals surface area contributed by atoms with E-state index in [1.807, 2.05) is 37.3 Å². The van der Waals surface area contributed by atoms with Crippen LogP contribution in [0.25, 0.3) is 0 Å². The lowest BCUT2D eigenvalue weighted by Crippen LogP contribution is -2.48. The molecule has 0 radical (unpaired) electrons. The van der Waals surface area contributed by atoms with Gasteiger partial charge in [0.25, 0.3) is 5.24 Å². The fourth-order valence-corrected chi connectivity index (χ4v) is 4.51. The van der Waals surface area contributed by atoms with Crippen molar-refractivity contribution in [2.45, 2.75) is 56.4 Å². The molecule has 1 aromatic rings. The van der Waals surface area contributed by atoms with Gasteiger partial charge in [-0.15, -0.1) is 0 Å². The molecule has 0 bridgehead atoms. The summed E-state index contributed by atoms with van der Waals surface area (Å²) in [5.74, 6) is 0. The summed E-state index contributed by atoms with van der Waals surface area (Å²) in [6.07, 6.45) is 5.62. The highest BCUT2D eigenvalue weighted by atomic mass is 32.2. The third-order valence-corrected chi connectivity index (χ3v) is 5.87. The van der Waals surface area contributed by atoms with Crippen molar-refractivity contribution in [3.63, 3.8) is 0 Å². The van der Waals surface area contributed by atoms with E-state index in [-0.39, 0.29) is 28.6 Å². The van der Waals surface area contributed by atoms with Crippen molar-refractivity contribution in [1.29, 1.82) is 0 Å². The van der Waals surface area contributed by atoms with E-state index in [0.29, 0.717) is 0 Å². The molecular weight excluding hydrogens is 296 g/mol. The summed E-state index contributed by atoms with van der Waals surface area (Å²) in [5, 5.41) is 2.92. The van der Waals surface area contributed by atoms with E-state index in [1.54, 1.807) is 0 Å². The van der Waals surface area contributed by atoms with Crippen molar-refractivity contribution in [2.75, 3.05) is 0 Å². The number of urea groups is 1. The highest BCUT2D eigenvalue weighted by molar-refractivity contribution is 8.14. The number of hydrogen-bond acceptors (Lipinski definition) is 3. The van der Waals surface area contributed by atoms with Crippen LogP contribution in [-0.2, 0) is 0 Å². The van der Waals surface area contributed by atoms with Gasteiger partial charge in [0, 0.05) is 6.04 Å².